The Morgan fingerprint density at radius 1 is 1.07 bits per heavy atom. The van der Waals surface area contributed by atoms with Crippen molar-refractivity contribution >= 4 is 23.2 Å². The lowest BCUT2D eigenvalue weighted by atomic mass is 10.0. The number of fused-ring (bicyclic) bond motifs is 1. The van der Waals surface area contributed by atoms with Gasteiger partial charge < -0.3 is 10.1 Å². The van der Waals surface area contributed by atoms with Crippen LogP contribution in [0.15, 0.2) is 72.9 Å². The van der Waals surface area contributed by atoms with Crippen molar-refractivity contribution in [2.45, 2.75) is 19.5 Å². The number of anilines is 2. The van der Waals surface area contributed by atoms with Crippen LogP contribution in [0.2, 0.25) is 0 Å². The van der Waals surface area contributed by atoms with Crippen LogP contribution in [0.1, 0.15) is 17.3 Å². The van der Waals surface area contributed by atoms with Crippen molar-refractivity contribution in [1.29, 1.82) is 0 Å². The third kappa shape index (κ3) is 3.69. The Balaban J connectivity index is 1.73. The Bertz CT molecular complexity index is 1050. The Morgan fingerprint density at radius 2 is 1.79 bits per heavy atom. The Morgan fingerprint density at radius 3 is 2.48 bits per heavy atom. The molecule has 2 heterocycles. The van der Waals surface area contributed by atoms with E-state index in [2.05, 4.69) is 5.32 Å². The smallest absolute Gasteiger partial charge is 0.294 e. The van der Waals surface area contributed by atoms with Crippen LogP contribution < -0.4 is 19.5 Å². The molecule has 1 N–H and O–H groups in total. The molecule has 29 heavy (non-hydrogen) atoms. The molecule has 3 aromatic rings. The van der Waals surface area contributed by atoms with Crippen LogP contribution in [0.25, 0.3) is 0 Å². The first-order valence-electron chi connectivity index (χ1n) is 9.39. The molecule has 0 aliphatic carbocycles. The molecular weight excluding hydrogens is 366 g/mol. The van der Waals surface area contributed by atoms with Crippen LogP contribution in [0.3, 0.4) is 0 Å². The average molecular weight is 388 g/mol. The minimum Gasteiger partial charge on any atom is -0.497 e. The number of ether oxygens (including phenoxy) is 1. The lowest BCUT2D eigenvalue weighted by Crippen LogP contribution is -2.58. The van der Waals surface area contributed by atoms with Gasteiger partial charge >= 0.3 is 0 Å². The van der Waals surface area contributed by atoms with Gasteiger partial charge in [0.25, 0.3) is 11.8 Å². The van der Waals surface area contributed by atoms with Gasteiger partial charge in [-0.3, -0.25) is 14.5 Å². The van der Waals surface area contributed by atoms with E-state index in [1.807, 2.05) is 60.2 Å². The fourth-order valence-corrected chi connectivity index (χ4v) is 3.51. The highest BCUT2D eigenvalue weighted by Crippen LogP contribution is 2.30. The van der Waals surface area contributed by atoms with E-state index in [4.69, 9.17) is 4.74 Å². The summed E-state index contributed by atoms with van der Waals surface area (Å²) in [4.78, 5) is 27.9. The summed E-state index contributed by atoms with van der Waals surface area (Å²) in [6.45, 7) is 2.18. The van der Waals surface area contributed by atoms with E-state index in [1.165, 1.54) is 0 Å². The molecule has 6 heteroatoms. The van der Waals surface area contributed by atoms with Gasteiger partial charge in [0.05, 0.1) is 7.11 Å². The molecule has 1 aromatic heterocycles. The topological polar surface area (TPSA) is 62.5 Å². The first-order valence-corrected chi connectivity index (χ1v) is 9.39. The lowest BCUT2D eigenvalue weighted by Gasteiger charge is -2.32. The highest BCUT2D eigenvalue weighted by atomic mass is 16.5. The molecule has 6 nitrogen and oxygen atoms in total. The largest absolute Gasteiger partial charge is 0.497 e. The molecule has 146 valence electrons. The van der Waals surface area contributed by atoms with Crippen molar-refractivity contribution in [3.05, 3.63) is 84.2 Å². The molecule has 2 amide bonds. The van der Waals surface area contributed by atoms with Gasteiger partial charge in [0, 0.05) is 23.5 Å². The Hall–Kier alpha value is -3.67. The number of pyridine rings is 1. The third-order valence-corrected chi connectivity index (χ3v) is 5.01. The maximum Gasteiger partial charge on any atom is 0.294 e. The van der Waals surface area contributed by atoms with E-state index in [0.29, 0.717) is 17.1 Å². The molecule has 0 saturated heterocycles. The second-order valence-electron chi connectivity index (χ2n) is 6.97. The summed E-state index contributed by atoms with van der Waals surface area (Å²) in [6, 6.07) is 19.6. The summed E-state index contributed by atoms with van der Waals surface area (Å²) in [7, 11) is 1.59. The third-order valence-electron chi connectivity index (χ3n) is 5.01. The molecule has 0 spiro atoms. The second-order valence-corrected chi connectivity index (χ2v) is 6.97. The van der Waals surface area contributed by atoms with Gasteiger partial charge in [0.15, 0.2) is 6.20 Å². The van der Waals surface area contributed by atoms with Crippen LogP contribution in [0.4, 0.5) is 11.4 Å². The first-order chi connectivity index (χ1) is 14.1. The quantitative estimate of drug-likeness (QED) is 0.699. The minimum absolute atomic E-state index is 0.132. The van der Waals surface area contributed by atoms with Crippen LogP contribution in [-0.4, -0.2) is 18.9 Å². The van der Waals surface area contributed by atoms with Crippen molar-refractivity contribution in [3.63, 3.8) is 0 Å². The number of carbonyl (C=O) groups is 2. The summed E-state index contributed by atoms with van der Waals surface area (Å²) in [5, 5.41) is 2.93. The van der Waals surface area contributed by atoms with Crippen molar-refractivity contribution in [2.75, 3.05) is 17.3 Å². The summed E-state index contributed by atoms with van der Waals surface area (Å²) < 4.78 is 6.99. The molecule has 2 aromatic carbocycles. The number of aromatic nitrogens is 1. The van der Waals surface area contributed by atoms with Crippen molar-refractivity contribution in [3.8, 4) is 5.75 Å². The highest BCUT2D eigenvalue weighted by Gasteiger charge is 2.43. The Kier molecular flexibility index (Phi) is 4.99. The molecule has 1 aliphatic heterocycles. The van der Waals surface area contributed by atoms with E-state index in [9.17, 15) is 9.59 Å². The number of rotatable bonds is 4. The minimum atomic E-state index is -0.776. The van der Waals surface area contributed by atoms with Crippen molar-refractivity contribution in [2.24, 2.45) is 0 Å². The lowest BCUT2D eigenvalue weighted by molar-refractivity contribution is -0.695. The summed E-state index contributed by atoms with van der Waals surface area (Å²) in [6.07, 6.45) is 1.83. The molecule has 1 aliphatic rings. The summed E-state index contributed by atoms with van der Waals surface area (Å²) in [5.74, 6) is 0.300. The zero-order valence-electron chi connectivity index (χ0n) is 16.3. The fraction of sp³-hybridized carbons (Fsp3) is 0.174. The number of nitrogens with one attached hydrogen (secondary N) is 1. The number of hydrogen-bond donors (Lipinski definition) is 1. The van der Waals surface area contributed by atoms with E-state index in [0.717, 1.165) is 11.3 Å². The zero-order chi connectivity index (χ0) is 20.4. The Labute approximate surface area is 169 Å². The number of methoxy groups -OCH3 is 1. The normalized spacial score (nSPS) is 15.6. The van der Waals surface area contributed by atoms with Gasteiger partial charge in [-0.05, 0) is 43.3 Å². The van der Waals surface area contributed by atoms with Gasteiger partial charge in [0.1, 0.15) is 5.75 Å². The monoisotopic (exact) mass is 388 g/mol. The van der Waals surface area contributed by atoms with E-state index >= 15 is 0 Å². The molecule has 0 radical (unpaired) electrons. The van der Waals surface area contributed by atoms with E-state index in [1.54, 1.807) is 36.3 Å². The number of benzene rings is 2. The van der Waals surface area contributed by atoms with Crippen molar-refractivity contribution in [1.82, 2.24) is 0 Å². The predicted octanol–water partition coefficient (Wildman–Crippen LogP) is 3.02. The van der Waals surface area contributed by atoms with Gasteiger partial charge in [-0.15, -0.1) is 0 Å². The number of carbonyl (C=O) groups excluding carboxylic acids is 2. The van der Waals surface area contributed by atoms with Crippen LogP contribution in [-0.2, 0) is 16.1 Å². The van der Waals surface area contributed by atoms with Crippen LogP contribution in [0.5, 0.6) is 5.75 Å². The van der Waals surface area contributed by atoms with Crippen molar-refractivity contribution < 1.29 is 18.9 Å². The fourth-order valence-electron chi connectivity index (χ4n) is 3.51. The summed E-state index contributed by atoms with van der Waals surface area (Å²) >= 11 is 0. The van der Waals surface area contributed by atoms with Gasteiger partial charge in [0.2, 0.25) is 18.3 Å². The molecule has 1 atom stereocenters. The summed E-state index contributed by atoms with van der Waals surface area (Å²) in [5.41, 5.74) is 3.19. The number of nitrogens with zero attached hydrogens (tertiary/aromatic N) is 2. The van der Waals surface area contributed by atoms with Crippen LogP contribution >= 0.6 is 0 Å². The van der Waals surface area contributed by atoms with E-state index in [-0.39, 0.29) is 18.4 Å². The second kappa shape index (κ2) is 7.75. The molecule has 0 bridgehead atoms. The van der Waals surface area contributed by atoms with Gasteiger partial charge in [-0.2, -0.15) is 4.57 Å². The predicted molar refractivity (Wildman–Crippen MR) is 110 cm³/mol. The standard InChI is InChI=1S/C23H21N3O3/c1-16-6-10-18(11-7-16)26-21(27)15-25-14-4-3-5-20(25)22(26)23(28)24-17-8-12-19(29-2)13-9-17/h3-14,22H,15H2,1-2H3/p+1. The first kappa shape index (κ1) is 18.7. The molecule has 0 saturated carbocycles. The average Bonchev–Trinajstić information content (AvgIpc) is 2.74. The molecular formula is C23H22N3O3+. The number of hydrogen-bond acceptors (Lipinski definition) is 3. The SMILES string of the molecule is COc1ccc(NC(=O)C2c3cccc[n+]3CC(=O)N2c2ccc(C)cc2)cc1. The highest BCUT2D eigenvalue weighted by molar-refractivity contribution is 6.05. The maximum absolute atomic E-state index is 13.3. The van der Waals surface area contributed by atoms with E-state index < -0.39 is 6.04 Å². The van der Waals surface area contributed by atoms with Gasteiger partial charge in [-0.25, -0.2) is 0 Å². The van der Waals surface area contributed by atoms with Gasteiger partial charge in [-0.1, -0.05) is 23.8 Å². The molecule has 1 unspecified atom stereocenters. The maximum atomic E-state index is 13.3. The van der Waals surface area contributed by atoms with Crippen LogP contribution in [0, 0.1) is 6.92 Å². The zero-order valence-corrected chi connectivity index (χ0v) is 16.3. The molecule has 0 fully saturated rings. The number of amides is 2. The number of aryl methyl sites for hydroxylation is 1. The molecule has 4 rings (SSSR count).